The minimum Gasteiger partial charge on any atom is -0.496 e. The van der Waals surface area contributed by atoms with E-state index in [0.29, 0.717) is 39.4 Å². The Morgan fingerprint density at radius 3 is 2.45 bits per heavy atom. The summed E-state index contributed by atoms with van der Waals surface area (Å²) in [6.07, 6.45) is 1.98. The summed E-state index contributed by atoms with van der Waals surface area (Å²) in [5.74, 6) is 0.482. The van der Waals surface area contributed by atoms with Crippen molar-refractivity contribution in [2.75, 3.05) is 20.2 Å². The van der Waals surface area contributed by atoms with E-state index in [1.54, 1.807) is 16.6 Å². The highest BCUT2D eigenvalue weighted by Gasteiger charge is 2.35. The van der Waals surface area contributed by atoms with Crippen LogP contribution in [-0.4, -0.2) is 40.6 Å². The molecule has 224 valence electrons. The van der Waals surface area contributed by atoms with Crippen molar-refractivity contribution in [3.8, 4) is 17.0 Å². The number of amides is 1. The van der Waals surface area contributed by atoms with Crippen LogP contribution in [0.4, 0.5) is 0 Å². The Morgan fingerprint density at radius 1 is 1.05 bits per heavy atom. The Labute approximate surface area is 260 Å². The molecule has 0 saturated carbocycles. The van der Waals surface area contributed by atoms with Crippen LogP contribution in [-0.2, 0) is 4.79 Å². The molecule has 1 aliphatic rings. The number of carbonyl (C=O) groups excluding carboxylic acids is 1. The molecule has 3 aromatic carbocycles. The number of rotatable bonds is 7. The summed E-state index contributed by atoms with van der Waals surface area (Å²) < 4.78 is 7.97. The van der Waals surface area contributed by atoms with Crippen LogP contribution in [0.3, 0.4) is 0 Å². The van der Waals surface area contributed by atoms with Gasteiger partial charge in [0.05, 0.1) is 28.6 Å². The second-order valence-electron chi connectivity index (χ2n) is 11.1. The lowest BCUT2D eigenvalue weighted by Crippen LogP contribution is -2.43. The lowest BCUT2D eigenvalue weighted by atomic mass is 9.94. The van der Waals surface area contributed by atoms with Gasteiger partial charge in [0.1, 0.15) is 11.8 Å². The van der Waals surface area contributed by atoms with Crippen molar-refractivity contribution in [1.29, 1.82) is 0 Å². The second-order valence-corrected chi connectivity index (χ2v) is 12.1. The maximum atomic E-state index is 14.5. The third-order valence-corrected chi connectivity index (χ3v) is 9.35. The molecule has 6 rings (SSSR count). The number of aromatic nitrogens is 2. The van der Waals surface area contributed by atoms with E-state index < -0.39 is 6.04 Å². The summed E-state index contributed by atoms with van der Waals surface area (Å²) in [5, 5.41) is 1.06. The summed E-state index contributed by atoms with van der Waals surface area (Å²) in [6.45, 7) is 11.1. The number of benzene rings is 3. The molecular weight excluding hydrogens is 568 g/mol. The molecule has 1 amide bonds. The van der Waals surface area contributed by atoms with Gasteiger partial charge < -0.3 is 14.6 Å². The predicted molar refractivity (Wildman–Crippen MR) is 178 cm³/mol. The third kappa shape index (κ3) is 4.89. The first-order valence-electron chi connectivity index (χ1n) is 14.9. The minimum atomic E-state index is -0.682. The molecule has 0 bridgehead atoms. The predicted octanol–water partition coefficient (Wildman–Crippen LogP) is 5.88. The number of thiazole rings is 1. The summed E-state index contributed by atoms with van der Waals surface area (Å²) in [6, 6.07) is 21.4. The number of hydrogen-bond acceptors (Lipinski definition) is 5. The van der Waals surface area contributed by atoms with Gasteiger partial charge in [0.2, 0.25) is 0 Å². The summed E-state index contributed by atoms with van der Waals surface area (Å²) >= 11 is 1.34. The monoisotopic (exact) mass is 604 g/mol. The van der Waals surface area contributed by atoms with Crippen LogP contribution in [0.1, 0.15) is 49.1 Å². The van der Waals surface area contributed by atoms with Crippen molar-refractivity contribution >= 4 is 34.2 Å². The Kier molecular flexibility index (Phi) is 7.86. The van der Waals surface area contributed by atoms with Crippen LogP contribution in [0, 0.1) is 13.8 Å². The number of allylic oxidation sites excluding steroid dienone is 1. The molecule has 0 spiro atoms. The van der Waals surface area contributed by atoms with Gasteiger partial charge in [-0.15, -0.1) is 0 Å². The first kappa shape index (κ1) is 29.4. The van der Waals surface area contributed by atoms with Crippen molar-refractivity contribution in [2.45, 2.75) is 40.7 Å². The smallest absolute Gasteiger partial charge is 0.271 e. The van der Waals surface area contributed by atoms with Crippen molar-refractivity contribution in [1.82, 2.24) is 14.5 Å². The number of ether oxygens (including phenoxy) is 1. The molecule has 0 saturated heterocycles. The van der Waals surface area contributed by atoms with Gasteiger partial charge in [0.25, 0.3) is 11.5 Å². The van der Waals surface area contributed by atoms with Crippen LogP contribution >= 0.6 is 11.3 Å². The molecule has 8 heteroatoms. The first-order valence-corrected chi connectivity index (χ1v) is 15.7. The molecule has 0 radical (unpaired) electrons. The van der Waals surface area contributed by atoms with Crippen LogP contribution in [0.25, 0.3) is 28.2 Å². The van der Waals surface area contributed by atoms with Crippen molar-refractivity contribution in [3.63, 3.8) is 0 Å². The lowest BCUT2D eigenvalue weighted by Gasteiger charge is -2.29. The average Bonchev–Trinajstić information content (AvgIpc) is 3.54. The number of aromatic amines is 1. The van der Waals surface area contributed by atoms with Gasteiger partial charge in [-0.25, -0.2) is 4.99 Å². The Bertz CT molecular complexity index is 2110. The van der Waals surface area contributed by atoms with Gasteiger partial charge in [0, 0.05) is 35.1 Å². The molecule has 1 atom stereocenters. The maximum Gasteiger partial charge on any atom is 0.271 e. The molecule has 7 nitrogen and oxygen atoms in total. The zero-order valence-corrected chi connectivity index (χ0v) is 26.7. The van der Waals surface area contributed by atoms with Gasteiger partial charge in [-0.1, -0.05) is 71.5 Å². The number of hydrogen-bond donors (Lipinski definition) is 1. The number of aryl methyl sites for hydroxylation is 2. The molecule has 0 aliphatic carbocycles. The quantitative estimate of drug-likeness (QED) is 0.252. The number of nitrogens with zero attached hydrogens (tertiary/aromatic N) is 3. The molecule has 2 aromatic heterocycles. The summed E-state index contributed by atoms with van der Waals surface area (Å²) in [5.41, 5.74) is 7.92. The molecule has 3 heterocycles. The van der Waals surface area contributed by atoms with Crippen LogP contribution in [0.5, 0.6) is 5.75 Å². The highest BCUT2D eigenvalue weighted by Crippen LogP contribution is 2.37. The van der Waals surface area contributed by atoms with E-state index in [0.717, 1.165) is 44.4 Å². The average molecular weight is 605 g/mol. The van der Waals surface area contributed by atoms with Crippen LogP contribution in [0.15, 0.2) is 87.8 Å². The second kappa shape index (κ2) is 11.8. The topological polar surface area (TPSA) is 79.7 Å². The van der Waals surface area contributed by atoms with Crippen molar-refractivity contribution < 1.29 is 9.53 Å². The number of carbonyl (C=O) groups is 1. The number of nitrogens with one attached hydrogen (secondary N) is 1. The fourth-order valence-electron chi connectivity index (χ4n) is 6.25. The molecular formula is C36H36N4O3S. The summed E-state index contributed by atoms with van der Waals surface area (Å²) in [7, 11) is 1.61. The van der Waals surface area contributed by atoms with Gasteiger partial charge in [-0.2, -0.15) is 0 Å². The number of H-pyrrole nitrogens is 1. The zero-order chi connectivity index (χ0) is 31.1. The number of para-hydroxylation sites is 1. The van der Waals surface area contributed by atoms with E-state index in [4.69, 9.17) is 9.73 Å². The number of methoxy groups -OCH3 is 1. The van der Waals surface area contributed by atoms with E-state index in [1.807, 2.05) is 69.3 Å². The minimum absolute atomic E-state index is 0.129. The highest BCUT2D eigenvalue weighted by atomic mass is 32.1. The van der Waals surface area contributed by atoms with E-state index >= 15 is 0 Å². The van der Waals surface area contributed by atoms with Gasteiger partial charge in [-0.3, -0.25) is 14.2 Å². The normalized spacial score (nSPS) is 15.0. The largest absolute Gasteiger partial charge is 0.496 e. The molecule has 1 N–H and O–H groups in total. The molecule has 0 unspecified atom stereocenters. The highest BCUT2D eigenvalue weighted by molar-refractivity contribution is 7.07. The zero-order valence-electron chi connectivity index (χ0n) is 25.9. The van der Waals surface area contributed by atoms with Gasteiger partial charge in [-0.05, 0) is 64.0 Å². The first-order chi connectivity index (χ1) is 21.3. The fourth-order valence-corrected chi connectivity index (χ4v) is 7.28. The lowest BCUT2D eigenvalue weighted by molar-refractivity contribution is -0.127. The van der Waals surface area contributed by atoms with Crippen LogP contribution in [0.2, 0.25) is 0 Å². The third-order valence-electron chi connectivity index (χ3n) is 8.36. The summed E-state index contributed by atoms with van der Waals surface area (Å²) in [4.78, 5) is 39.3. The van der Waals surface area contributed by atoms with Crippen molar-refractivity contribution in [2.24, 2.45) is 4.99 Å². The van der Waals surface area contributed by atoms with E-state index in [-0.39, 0.29) is 11.5 Å². The Balaban J connectivity index is 1.65. The van der Waals surface area contributed by atoms with E-state index in [9.17, 15) is 9.59 Å². The SMILES string of the molecule is CCN(CC)C(=O)C1=C(C)N=c2s/c(=C/c3c(-c4ccccc4)[nH]c4c(C)cc(C)cc34)c(=O)n2[C@@H]1c1ccccc1OC. The fraction of sp³-hybridized carbons (Fsp3) is 0.250. The molecule has 44 heavy (non-hydrogen) atoms. The standard InChI is InChI=1S/C36H36N4O3S/c1-7-39(8-2)35(42)30-23(5)37-36-40(33(30)25-16-12-13-17-28(25)43-6)34(41)29(44-36)20-27-26-19-21(3)18-22(4)31(26)38-32(27)24-14-10-9-11-15-24/h9-20,33,38H,7-8H2,1-6H3/b29-20+/t33-/m1/s1. The molecule has 5 aromatic rings. The number of likely N-dealkylation sites (N-methyl/N-ethyl adjacent to an activating group) is 1. The Hall–Kier alpha value is -4.69. The van der Waals surface area contributed by atoms with Crippen molar-refractivity contribution in [3.05, 3.63) is 120 Å². The van der Waals surface area contributed by atoms with Gasteiger partial charge in [0.15, 0.2) is 4.80 Å². The van der Waals surface area contributed by atoms with E-state index in [2.05, 4.69) is 43.1 Å². The number of fused-ring (bicyclic) bond motifs is 2. The maximum absolute atomic E-state index is 14.5. The van der Waals surface area contributed by atoms with E-state index in [1.165, 1.54) is 11.3 Å². The van der Waals surface area contributed by atoms with Crippen LogP contribution < -0.4 is 19.6 Å². The Morgan fingerprint density at radius 2 is 1.75 bits per heavy atom. The van der Waals surface area contributed by atoms with Gasteiger partial charge >= 0.3 is 0 Å². The molecule has 1 aliphatic heterocycles. The molecule has 0 fully saturated rings.